The molecule has 27 heavy (non-hydrogen) atoms. The molecule has 0 amide bonds. The van der Waals surface area contributed by atoms with Gasteiger partial charge in [-0.25, -0.2) is 0 Å². The van der Waals surface area contributed by atoms with Gasteiger partial charge < -0.3 is 19.9 Å². The summed E-state index contributed by atoms with van der Waals surface area (Å²) in [4.78, 5) is 7.42. The summed E-state index contributed by atoms with van der Waals surface area (Å²) < 4.78 is 7.83. The minimum absolute atomic E-state index is 0.306. The molecular weight excluding hydrogens is 342 g/mol. The molecule has 8 nitrogen and oxygen atoms in total. The third-order valence-electron chi connectivity index (χ3n) is 5.54. The molecule has 3 rings (SSSR count). The highest BCUT2D eigenvalue weighted by atomic mass is 16.5. The predicted octanol–water partition coefficient (Wildman–Crippen LogP) is 1.04. The molecule has 0 radical (unpaired) electrons. The fraction of sp³-hybridized carbons (Fsp3) is 0.842. The molecule has 0 aromatic carbocycles. The average molecular weight is 378 g/mol. The Morgan fingerprint density at radius 1 is 1.30 bits per heavy atom. The summed E-state index contributed by atoms with van der Waals surface area (Å²) in [5, 5.41) is 15.1. The third kappa shape index (κ3) is 5.90. The quantitative estimate of drug-likeness (QED) is 0.494. The zero-order valence-electron chi connectivity index (χ0n) is 16.9. The smallest absolute Gasteiger partial charge is 0.191 e. The Kier molecular flexibility index (Phi) is 7.89. The summed E-state index contributed by atoms with van der Waals surface area (Å²) in [6.45, 7) is 10.8. The molecule has 3 heterocycles. The standard InChI is InChI=1S/C19H35N7O/c1-3-18-24-23-15-26(18)11-9-20-19(22-14-17-8-6-12-27-17)21-13-16-7-5-10-25(16)4-2/h15-17H,3-14H2,1-2H3,(H2,20,21,22). The van der Waals surface area contributed by atoms with Crippen molar-refractivity contribution in [1.82, 2.24) is 30.3 Å². The van der Waals surface area contributed by atoms with Crippen LogP contribution in [0.25, 0.3) is 0 Å². The Bertz CT molecular complexity index is 582. The van der Waals surface area contributed by atoms with Gasteiger partial charge in [0.25, 0.3) is 0 Å². The second kappa shape index (κ2) is 10.6. The van der Waals surface area contributed by atoms with E-state index in [0.717, 1.165) is 70.4 Å². The maximum atomic E-state index is 5.74. The molecule has 0 spiro atoms. The van der Waals surface area contributed by atoms with E-state index in [4.69, 9.17) is 9.73 Å². The molecule has 1 aromatic rings. The largest absolute Gasteiger partial charge is 0.376 e. The van der Waals surface area contributed by atoms with E-state index in [-0.39, 0.29) is 0 Å². The molecule has 1 aromatic heterocycles. The number of aryl methyl sites for hydroxylation is 1. The van der Waals surface area contributed by atoms with Gasteiger partial charge in [0.15, 0.2) is 5.96 Å². The first-order valence-electron chi connectivity index (χ1n) is 10.5. The van der Waals surface area contributed by atoms with Crippen molar-refractivity contribution in [2.75, 3.05) is 39.3 Å². The molecule has 2 aliphatic rings. The van der Waals surface area contributed by atoms with E-state index in [0.29, 0.717) is 12.1 Å². The lowest BCUT2D eigenvalue weighted by Crippen LogP contribution is -2.43. The van der Waals surface area contributed by atoms with E-state index in [2.05, 4.69) is 44.1 Å². The Morgan fingerprint density at radius 3 is 3.00 bits per heavy atom. The molecular formula is C19H35N7O. The van der Waals surface area contributed by atoms with E-state index in [1.165, 1.54) is 19.4 Å². The van der Waals surface area contributed by atoms with Crippen LogP contribution in [0.3, 0.4) is 0 Å². The summed E-state index contributed by atoms with van der Waals surface area (Å²) in [5.74, 6) is 1.91. The van der Waals surface area contributed by atoms with E-state index >= 15 is 0 Å². The van der Waals surface area contributed by atoms with Crippen LogP contribution in [0.15, 0.2) is 11.3 Å². The van der Waals surface area contributed by atoms with Crippen molar-refractivity contribution < 1.29 is 4.74 Å². The number of aromatic nitrogens is 3. The molecule has 2 aliphatic heterocycles. The monoisotopic (exact) mass is 377 g/mol. The van der Waals surface area contributed by atoms with Gasteiger partial charge in [0.1, 0.15) is 12.2 Å². The topological polar surface area (TPSA) is 79.6 Å². The highest BCUT2D eigenvalue weighted by Crippen LogP contribution is 2.16. The molecule has 0 saturated carbocycles. The zero-order valence-corrected chi connectivity index (χ0v) is 16.9. The first-order chi connectivity index (χ1) is 13.3. The van der Waals surface area contributed by atoms with Gasteiger partial charge in [-0.2, -0.15) is 0 Å². The zero-order chi connectivity index (χ0) is 18.9. The molecule has 2 unspecified atom stereocenters. The Morgan fingerprint density at radius 2 is 2.22 bits per heavy atom. The van der Waals surface area contributed by atoms with Crippen LogP contribution in [0, 0.1) is 0 Å². The minimum Gasteiger partial charge on any atom is -0.376 e. The number of nitrogens with one attached hydrogen (secondary N) is 2. The minimum atomic E-state index is 0.306. The van der Waals surface area contributed by atoms with Gasteiger partial charge in [-0.3, -0.25) is 9.89 Å². The molecule has 0 bridgehead atoms. The van der Waals surface area contributed by atoms with Crippen molar-refractivity contribution in [3.63, 3.8) is 0 Å². The van der Waals surface area contributed by atoms with E-state index < -0.39 is 0 Å². The maximum absolute atomic E-state index is 5.74. The van der Waals surface area contributed by atoms with Gasteiger partial charge in [0.2, 0.25) is 0 Å². The Hall–Kier alpha value is -1.67. The summed E-state index contributed by atoms with van der Waals surface area (Å²) in [7, 11) is 0. The van der Waals surface area contributed by atoms with Crippen molar-refractivity contribution in [2.24, 2.45) is 4.99 Å². The number of guanidine groups is 1. The van der Waals surface area contributed by atoms with Crippen LogP contribution in [0.2, 0.25) is 0 Å². The van der Waals surface area contributed by atoms with Crippen molar-refractivity contribution in [2.45, 2.75) is 64.6 Å². The van der Waals surface area contributed by atoms with E-state index in [1.807, 2.05) is 0 Å². The second-order valence-electron chi connectivity index (χ2n) is 7.35. The summed E-state index contributed by atoms with van der Waals surface area (Å²) in [6.07, 6.45) is 7.83. The fourth-order valence-corrected chi connectivity index (χ4v) is 3.94. The number of hydrogen-bond donors (Lipinski definition) is 2. The summed E-state index contributed by atoms with van der Waals surface area (Å²) in [6, 6.07) is 0.570. The van der Waals surface area contributed by atoms with Crippen molar-refractivity contribution in [3.05, 3.63) is 12.2 Å². The van der Waals surface area contributed by atoms with Crippen molar-refractivity contribution in [3.8, 4) is 0 Å². The number of ether oxygens (including phenoxy) is 1. The SMILES string of the molecule is CCc1nncn1CCNC(=NCC1CCCN1CC)NCC1CCCO1. The lowest BCUT2D eigenvalue weighted by molar-refractivity contribution is 0.113. The first kappa shape index (κ1) is 20.1. The number of hydrogen-bond acceptors (Lipinski definition) is 5. The molecule has 0 aliphatic carbocycles. The van der Waals surface area contributed by atoms with Gasteiger partial charge >= 0.3 is 0 Å². The van der Waals surface area contributed by atoms with Crippen LogP contribution in [0.1, 0.15) is 45.4 Å². The molecule has 2 atom stereocenters. The summed E-state index contributed by atoms with van der Waals surface area (Å²) in [5.41, 5.74) is 0. The average Bonchev–Trinajstić information content (AvgIpc) is 3.44. The van der Waals surface area contributed by atoms with Crippen LogP contribution in [-0.2, 0) is 17.7 Å². The second-order valence-corrected chi connectivity index (χ2v) is 7.35. The lowest BCUT2D eigenvalue weighted by atomic mass is 10.2. The Balaban J connectivity index is 1.52. The molecule has 2 saturated heterocycles. The van der Waals surface area contributed by atoms with Crippen LogP contribution in [-0.4, -0.2) is 77.1 Å². The number of likely N-dealkylation sites (N-methyl/N-ethyl adjacent to an activating group) is 1. The highest BCUT2D eigenvalue weighted by Gasteiger charge is 2.22. The van der Waals surface area contributed by atoms with Crippen LogP contribution in [0.5, 0.6) is 0 Å². The Labute approximate surface area is 162 Å². The molecule has 152 valence electrons. The van der Waals surface area contributed by atoms with Gasteiger partial charge in [0.05, 0.1) is 12.6 Å². The van der Waals surface area contributed by atoms with Gasteiger partial charge in [0, 0.05) is 38.7 Å². The van der Waals surface area contributed by atoms with Crippen molar-refractivity contribution in [1.29, 1.82) is 0 Å². The van der Waals surface area contributed by atoms with Crippen LogP contribution >= 0.6 is 0 Å². The van der Waals surface area contributed by atoms with E-state index in [9.17, 15) is 0 Å². The number of rotatable bonds is 9. The highest BCUT2D eigenvalue weighted by molar-refractivity contribution is 5.79. The molecule has 2 N–H and O–H groups in total. The van der Waals surface area contributed by atoms with Crippen molar-refractivity contribution >= 4 is 5.96 Å². The number of nitrogens with zero attached hydrogens (tertiary/aromatic N) is 5. The van der Waals surface area contributed by atoms with Gasteiger partial charge in [-0.1, -0.05) is 13.8 Å². The normalized spacial score (nSPS) is 23.9. The van der Waals surface area contributed by atoms with Crippen LogP contribution in [0.4, 0.5) is 0 Å². The number of likely N-dealkylation sites (tertiary alicyclic amines) is 1. The lowest BCUT2D eigenvalue weighted by Gasteiger charge is -2.22. The molecule has 2 fully saturated rings. The summed E-state index contributed by atoms with van der Waals surface area (Å²) >= 11 is 0. The van der Waals surface area contributed by atoms with Gasteiger partial charge in [-0.15, -0.1) is 10.2 Å². The number of aliphatic imine (C=N–C) groups is 1. The third-order valence-corrected chi connectivity index (χ3v) is 5.54. The predicted molar refractivity (Wildman–Crippen MR) is 107 cm³/mol. The van der Waals surface area contributed by atoms with E-state index in [1.54, 1.807) is 6.33 Å². The first-order valence-corrected chi connectivity index (χ1v) is 10.5. The maximum Gasteiger partial charge on any atom is 0.191 e. The molecule has 8 heteroatoms. The van der Waals surface area contributed by atoms with Crippen LogP contribution < -0.4 is 10.6 Å². The van der Waals surface area contributed by atoms with Gasteiger partial charge in [-0.05, 0) is 38.8 Å². The fourth-order valence-electron chi connectivity index (χ4n) is 3.94.